The van der Waals surface area contributed by atoms with Crippen LogP contribution in [0.25, 0.3) is 11.5 Å². The molecule has 0 saturated heterocycles. The van der Waals surface area contributed by atoms with Crippen molar-refractivity contribution in [2.45, 2.75) is 18.7 Å². The molecule has 5 nitrogen and oxygen atoms in total. The summed E-state index contributed by atoms with van der Waals surface area (Å²) in [5.74, 6) is 0.891. The smallest absolute Gasteiger partial charge is 0.261 e. The van der Waals surface area contributed by atoms with E-state index in [1.54, 1.807) is 12.4 Å². The fraction of sp³-hybridized carbons (Fsp3) is 0.333. The average Bonchev–Trinajstić information content (AvgIpc) is 2.78. The lowest BCUT2D eigenvalue weighted by Crippen LogP contribution is -1.90. The number of rotatable bonds is 3. The first-order valence-corrected chi connectivity index (χ1v) is 4.98. The van der Waals surface area contributed by atoms with Crippen molar-refractivity contribution in [2.75, 3.05) is 0 Å². The molecule has 1 atom stereocenters. The maximum Gasteiger partial charge on any atom is 0.261 e. The van der Waals surface area contributed by atoms with Gasteiger partial charge in [-0.2, -0.15) is 4.98 Å². The van der Waals surface area contributed by atoms with Gasteiger partial charge in [0.15, 0.2) is 5.82 Å². The second-order valence-corrected chi connectivity index (χ2v) is 3.49. The third-order valence-corrected chi connectivity index (χ3v) is 2.39. The molecule has 0 fully saturated rings. The molecule has 2 aromatic rings. The molecule has 78 valence electrons. The molecule has 1 unspecified atom stereocenters. The fourth-order valence-electron chi connectivity index (χ4n) is 1.07. The van der Waals surface area contributed by atoms with Crippen LogP contribution in [0.1, 0.15) is 24.5 Å². The van der Waals surface area contributed by atoms with E-state index in [0.717, 1.165) is 6.42 Å². The monoisotopic (exact) mass is 224 g/mol. The summed E-state index contributed by atoms with van der Waals surface area (Å²) in [4.78, 5) is 11.9. The topological polar surface area (TPSA) is 64.7 Å². The minimum Gasteiger partial charge on any atom is -0.334 e. The second kappa shape index (κ2) is 4.35. The first-order chi connectivity index (χ1) is 7.31. The third kappa shape index (κ3) is 2.12. The Morgan fingerprint density at radius 3 is 2.80 bits per heavy atom. The molecule has 6 heteroatoms. The summed E-state index contributed by atoms with van der Waals surface area (Å²) in [6, 6.07) is 0. The summed E-state index contributed by atoms with van der Waals surface area (Å²) in [5, 5.41) is 3.57. The van der Waals surface area contributed by atoms with Crippen LogP contribution in [-0.4, -0.2) is 20.1 Å². The Hall–Kier alpha value is -1.49. The second-order valence-electron chi connectivity index (χ2n) is 2.96. The van der Waals surface area contributed by atoms with Crippen molar-refractivity contribution in [3.63, 3.8) is 0 Å². The zero-order chi connectivity index (χ0) is 10.7. The summed E-state index contributed by atoms with van der Waals surface area (Å²) < 4.78 is 5.05. The first kappa shape index (κ1) is 10.0. The lowest BCUT2D eigenvalue weighted by atomic mass is 10.3. The van der Waals surface area contributed by atoms with Gasteiger partial charge in [0.1, 0.15) is 6.33 Å². The van der Waals surface area contributed by atoms with Crippen LogP contribution in [0, 0.1) is 0 Å². The van der Waals surface area contributed by atoms with Crippen LogP contribution in [0.4, 0.5) is 0 Å². The van der Waals surface area contributed by atoms with E-state index in [1.165, 1.54) is 6.33 Å². The molecule has 0 aliphatic heterocycles. The van der Waals surface area contributed by atoms with Gasteiger partial charge in [0, 0.05) is 12.4 Å². The van der Waals surface area contributed by atoms with Crippen LogP contribution in [-0.2, 0) is 0 Å². The van der Waals surface area contributed by atoms with Crippen molar-refractivity contribution in [1.29, 1.82) is 0 Å². The van der Waals surface area contributed by atoms with Crippen LogP contribution in [0.3, 0.4) is 0 Å². The van der Waals surface area contributed by atoms with Gasteiger partial charge in [-0.25, -0.2) is 9.97 Å². The summed E-state index contributed by atoms with van der Waals surface area (Å²) in [7, 11) is 0. The largest absolute Gasteiger partial charge is 0.334 e. The van der Waals surface area contributed by atoms with Crippen LogP contribution in [0.15, 0.2) is 23.2 Å². The zero-order valence-corrected chi connectivity index (χ0v) is 8.85. The molecular weight excluding hydrogens is 216 g/mol. The molecule has 0 aliphatic rings. The maximum absolute atomic E-state index is 5.98. The summed E-state index contributed by atoms with van der Waals surface area (Å²) in [5.41, 5.74) is 0.691. The highest BCUT2D eigenvalue weighted by Gasteiger charge is 2.14. The van der Waals surface area contributed by atoms with E-state index in [4.69, 9.17) is 16.1 Å². The standard InChI is InChI=1S/C9H9ClN4O/c1-2-7(10)8-13-9(15-14-8)6-3-11-5-12-4-6/h3-5,7H,2H2,1H3. The Morgan fingerprint density at radius 1 is 1.40 bits per heavy atom. The minimum atomic E-state index is -0.216. The highest BCUT2D eigenvalue weighted by molar-refractivity contribution is 6.20. The molecule has 0 saturated carbocycles. The number of alkyl halides is 1. The van der Waals surface area contributed by atoms with Crippen LogP contribution in [0.5, 0.6) is 0 Å². The number of aromatic nitrogens is 4. The van der Waals surface area contributed by atoms with Gasteiger partial charge in [0.25, 0.3) is 5.89 Å². The van der Waals surface area contributed by atoms with Gasteiger partial charge >= 0.3 is 0 Å². The normalized spacial score (nSPS) is 12.7. The molecule has 0 spiro atoms. The first-order valence-electron chi connectivity index (χ1n) is 4.54. The third-order valence-electron chi connectivity index (χ3n) is 1.89. The van der Waals surface area contributed by atoms with Crippen molar-refractivity contribution in [3.05, 3.63) is 24.5 Å². The van der Waals surface area contributed by atoms with E-state index in [2.05, 4.69) is 20.1 Å². The summed E-state index contributed by atoms with van der Waals surface area (Å²) in [6.07, 6.45) is 5.42. The van der Waals surface area contributed by atoms with Gasteiger partial charge in [-0.3, -0.25) is 0 Å². The Bertz CT molecular complexity index is 431. The quantitative estimate of drug-likeness (QED) is 0.748. The Morgan fingerprint density at radius 2 is 2.13 bits per heavy atom. The highest BCUT2D eigenvalue weighted by atomic mass is 35.5. The van der Waals surface area contributed by atoms with Crippen molar-refractivity contribution < 1.29 is 4.52 Å². The molecule has 2 aromatic heterocycles. The average molecular weight is 225 g/mol. The summed E-state index contributed by atoms with van der Waals surface area (Å²) >= 11 is 5.98. The van der Waals surface area contributed by atoms with Gasteiger partial charge in [-0.05, 0) is 6.42 Å². The SMILES string of the molecule is CCC(Cl)c1noc(-c2cncnc2)n1. The van der Waals surface area contributed by atoms with E-state index in [0.29, 0.717) is 17.3 Å². The predicted molar refractivity (Wildman–Crippen MR) is 54.2 cm³/mol. The number of nitrogens with zero attached hydrogens (tertiary/aromatic N) is 4. The lowest BCUT2D eigenvalue weighted by Gasteiger charge is -1.96. The maximum atomic E-state index is 5.98. The molecule has 0 radical (unpaired) electrons. The van der Waals surface area contributed by atoms with Crippen molar-refractivity contribution in [1.82, 2.24) is 20.1 Å². The van der Waals surface area contributed by atoms with Crippen molar-refractivity contribution >= 4 is 11.6 Å². The van der Waals surface area contributed by atoms with Gasteiger partial charge < -0.3 is 4.52 Å². The molecule has 2 heterocycles. The molecule has 0 amide bonds. The van der Waals surface area contributed by atoms with E-state index < -0.39 is 0 Å². The number of hydrogen-bond donors (Lipinski definition) is 0. The zero-order valence-electron chi connectivity index (χ0n) is 8.09. The highest BCUT2D eigenvalue weighted by Crippen LogP contribution is 2.23. The van der Waals surface area contributed by atoms with Crippen LogP contribution < -0.4 is 0 Å². The fourth-order valence-corrected chi connectivity index (χ4v) is 1.16. The van der Waals surface area contributed by atoms with Crippen LogP contribution >= 0.6 is 11.6 Å². The van der Waals surface area contributed by atoms with E-state index >= 15 is 0 Å². The molecular formula is C9H9ClN4O. The van der Waals surface area contributed by atoms with Gasteiger partial charge in [0.2, 0.25) is 0 Å². The van der Waals surface area contributed by atoms with Gasteiger partial charge in [0.05, 0.1) is 10.9 Å². The van der Waals surface area contributed by atoms with Crippen molar-refractivity contribution in [3.8, 4) is 11.5 Å². The minimum absolute atomic E-state index is 0.216. The Balaban J connectivity index is 2.28. The van der Waals surface area contributed by atoms with Crippen LogP contribution in [0.2, 0.25) is 0 Å². The molecule has 0 aromatic carbocycles. The Kier molecular flexibility index (Phi) is 2.91. The molecule has 0 bridgehead atoms. The van der Waals surface area contributed by atoms with Gasteiger partial charge in [-0.15, -0.1) is 11.6 Å². The summed E-state index contributed by atoms with van der Waals surface area (Å²) in [6.45, 7) is 1.96. The molecule has 0 N–H and O–H groups in total. The molecule has 0 aliphatic carbocycles. The van der Waals surface area contributed by atoms with E-state index in [-0.39, 0.29) is 5.38 Å². The Labute approximate surface area is 91.5 Å². The van der Waals surface area contributed by atoms with E-state index in [1.807, 2.05) is 6.92 Å². The predicted octanol–water partition coefficient (Wildman–Crippen LogP) is 2.22. The van der Waals surface area contributed by atoms with Gasteiger partial charge in [-0.1, -0.05) is 12.1 Å². The van der Waals surface area contributed by atoms with Crippen molar-refractivity contribution in [2.24, 2.45) is 0 Å². The molecule has 2 rings (SSSR count). The van der Waals surface area contributed by atoms with E-state index in [9.17, 15) is 0 Å². The molecule has 15 heavy (non-hydrogen) atoms. The lowest BCUT2D eigenvalue weighted by molar-refractivity contribution is 0.421. The number of halogens is 1. The number of hydrogen-bond acceptors (Lipinski definition) is 5.